The van der Waals surface area contributed by atoms with Gasteiger partial charge < -0.3 is 4.74 Å². The largest absolute Gasteiger partial charge is 0.479 e. The number of rotatable bonds is 2. The highest BCUT2D eigenvalue weighted by Crippen LogP contribution is 2.28. The molecule has 3 aromatic heterocycles. The number of methoxy groups -OCH3 is 1. The number of aromatic nitrogens is 4. The SMILES string of the molecule is COc1ncnc(-c2cc3cccnc3c(Cl)n2)c1F. The summed E-state index contributed by atoms with van der Waals surface area (Å²) in [5, 5.41) is 0.939. The second-order valence-electron chi connectivity index (χ2n) is 3.92. The van der Waals surface area contributed by atoms with Crippen LogP contribution in [0.2, 0.25) is 5.15 Å². The van der Waals surface area contributed by atoms with Gasteiger partial charge in [-0.25, -0.2) is 9.97 Å². The minimum absolute atomic E-state index is 0.0319. The third-order valence-corrected chi connectivity index (χ3v) is 3.00. The van der Waals surface area contributed by atoms with Crippen molar-refractivity contribution in [1.82, 2.24) is 19.9 Å². The standard InChI is InChI=1S/C13H8ClFN4O/c1-20-13-9(15)11(17-6-18-13)8-5-7-3-2-4-16-10(7)12(14)19-8/h2-6H,1H3. The van der Waals surface area contributed by atoms with Crippen LogP contribution in [-0.4, -0.2) is 27.0 Å². The molecular weight excluding hydrogens is 283 g/mol. The quantitative estimate of drug-likeness (QED) is 0.679. The molecule has 0 spiro atoms. The average molecular weight is 291 g/mol. The number of ether oxygens (including phenoxy) is 1. The molecule has 0 bridgehead atoms. The molecule has 0 unspecified atom stereocenters. The van der Waals surface area contributed by atoms with Crippen LogP contribution in [0.3, 0.4) is 0 Å². The van der Waals surface area contributed by atoms with E-state index in [1.807, 2.05) is 6.07 Å². The van der Waals surface area contributed by atoms with Crippen LogP contribution < -0.4 is 4.74 Å². The first-order chi connectivity index (χ1) is 9.70. The van der Waals surface area contributed by atoms with Crippen LogP contribution in [0.4, 0.5) is 4.39 Å². The number of halogens is 2. The molecule has 7 heteroatoms. The Labute approximate surface area is 118 Å². The van der Waals surface area contributed by atoms with Gasteiger partial charge in [0, 0.05) is 11.6 Å². The zero-order valence-electron chi connectivity index (χ0n) is 10.3. The van der Waals surface area contributed by atoms with Crippen LogP contribution in [0.5, 0.6) is 5.88 Å². The maximum absolute atomic E-state index is 14.1. The van der Waals surface area contributed by atoms with Crippen molar-refractivity contribution >= 4 is 22.5 Å². The van der Waals surface area contributed by atoms with Crippen molar-refractivity contribution in [2.75, 3.05) is 7.11 Å². The Morgan fingerprint density at radius 3 is 2.90 bits per heavy atom. The number of hydrogen-bond donors (Lipinski definition) is 0. The van der Waals surface area contributed by atoms with E-state index in [0.29, 0.717) is 11.2 Å². The molecule has 5 nitrogen and oxygen atoms in total. The molecule has 0 saturated heterocycles. The topological polar surface area (TPSA) is 60.8 Å². The lowest BCUT2D eigenvalue weighted by atomic mass is 10.2. The number of hydrogen-bond acceptors (Lipinski definition) is 5. The molecule has 0 radical (unpaired) electrons. The van der Waals surface area contributed by atoms with Gasteiger partial charge in [-0.3, -0.25) is 4.98 Å². The summed E-state index contributed by atoms with van der Waals surface area (Å²) in [5.41, 5.74) is 0.887. The van der Waals surface area contributed by atoms with Crippen molar-refractivity contribution in [1.29, 1.82) is 0 Å². The third kappa shape index (κ3) is 2.04. The van der Waals surface area contributed by atoms with Crippen molar-refractivity contribution in [2.45, 2.75) is 0 Å². The van der Waals surface area contributed by atoms with Gasteiger partial charge in [0.15, 0.2) is 5.15 Å². The molecule has 0 atom stereocenters. The highest BCUT2D eigenvalue weighted by molar-refractivity contribution is 6.33. The van der Waals surface area contributed by atoms with Crippen molar-refractivity contribution < 1.29 is 9.13 Å². The van der Waals surface area contributed by atoms with Gasteiger partial charge in [-0.05, 0) is 12.1 Å². The Hall–Kier alpha value is -2.34. The maximum atomic E-state index is 14.1. The van der Waals surface area contributed by atoms with Gasteiger partial charge in [0.05, 0.1) is 12.8 Å². The predicted octanol–water partition coefficient (Wildman–Crippen LogP) is 2.89. The summed E-state index contributed by atoms with van der Waals surface area (Å²) in [6, 6.07) is 5.24. The van der Waals surface area contributed by atoms with Crippen molar-refractivity contribution in [3.63, 3.8) is 0 Å². The zero-order chi connectivity index (χ0) is 14.1. The van der Waals surface area contributed by atoms with E-state index in [4.69, 9.17) is 16.3 Å². The number of nitrogens with zero attached hydrogens (tertiary/aromatic N) is 4. The normalized spacial score (nSPS) is 10.8. The Kier molecular flexibility index (Phi) is 3.15. The third-order valence-electron chi connectivity index (χ3n) is 2.74. The fourth-order valence-electron chi connectivity index (χ4n) is 1.84. The summed E-state index contributed by atoms with van der Waals surface area (Å²) >= 11 is 6.07. The van der Waals surface area contributed by atoms with Gasteiger partial charge in [0.1, 0.15) is 17.5 Å². The van der Waals surface area contributed by atoms with E-state index >= 15 is 0 Å². The summed E-state index contributed by atoms with van der Waals surface area (Å²) < 4.78 is 19.0. The minimum Gasteiger partial charge on any atom is -0.479 e. The molecule has 0 saturated carbocycles. The summed E-state index contributed by atoms with van der Waals surface area (Å²) in [6.45, 7) is 0. The monoisotopic (exact) mass is 290 g/mol. The van der Waals surface area contributed by atoms with Gasteiger partial charge in [0.25, 0.3) is 5.88 Å². The molecule has 0 fully saturated rings. The van der Waals surface area contributed by atoms with Crippen molar-refractivity contribution in [3.8, 4) is 17.3 Å². The number of fused-ring (bicyclic) bond motifs is 1. The molecule has 0 aliphatic rings. The van der Waals surface area contributed by atoms with Crippen LogP contribution in [0.15, 0.2) is 30.7 Å². The molecule has 100 valence electrons. The smallest absolute Gasteiger partial charge is 0.254 e. The fraction of sp³-hybridized carbons (Fsp3) is 0.0769. The van der Waals surface area contributed by atoms with Gasteiger partial charge in [0.2, 0.25) is 5.82 Å². The Balaban J connectivity index is 2.25. The predicted molar refractivity (Wildman–Crippen MR) is 72.1 cm³/mol. The highest BCUT2D eigenvalue weighted by atomic mass is 35.5. The van der Waals surface area contributed by atoms with Crippen LogP contribution in [0.25, 0.3) is 22.3 Å². The minimum atomic E-state index is -0.679. The van der Waals surface area contributed by atoms with E-state index < -0.39 is 5.82 Å². The summed E-state index contributed by atoms with van der Waals surface area (Å²) in [6.07, 6.45) is 2.82. The Morgan fingerprint density at radius 2 is 2.10 bits per heavy atom. The zero-order valence-corrected chi connectivity index (χ0v) is 11.1. The summed E-state index contributed by atoms with van der Waals surface area (Å²) in [4.78, 5) is 15.8. The van der Waals surface area contributed by atoms with E-state index in [-0.39, 0.29) is 16.7 Å². The molecule has 3 rings (SSSR count). The molecule has 0 aliphatic carbocycles. The first-order valence-corrected chi connectivity index (χ1v) is 6.04. The van der Waals surface area contributed by atoms with E-state index in [1.165, 1.54) is 13.4 Å². The van der Waals surface area contributed by atoms with Crippen molar-refractivity contribution in [2.24, 2.45) is 0 Å². The molecule has 0 aromatic carbocycles. The molecule has 3 heterocycles. The molecule has 0 N–H and O–H groups in total. The van der Waals surface area contributed by atoms with Gasteiger partial charge in [-0.1, -0.05) is 17.7 Å². The second kappa shape index (κ2) is 4.97. The van der Waals surface area contributed by atoms with Gasteiger partial charge in [-0.15, -0.1) is 0 Å². The fourth-order valence-corrected chi connectivity index (χ4v) is 2.09. The average Bonchev–Trinajstić information content (AvgIpc) is 2.47. The molecule has 20 heavy (non-hydrogen) atoms. The van der Waals surface area contributed by atoms with E-state index in [0.717, 1.165) is 5.39 Å². The first kappa shape index (κ1) is 12.7. The van der Waals surface area contributed by atoms with Crippen LogP contribution in [-0.2, 0) is 0 Å². The molecule has 0 amide bonds. The lowest BCUT2D eigenvalue weighted by molar-refractivity contribution is 0.368. The molecular formula is C13H8ClFN4O. The lowest BCUT2D eigenvalue weighted by Gasteiger charge is -2.06. The first-order valence-electron chi connectivity index (χ1n) is 5.67. The lowest BCUT2D eigenvalue weighted by Crippen LogP contribution is -1.99. The molecule has 0 aliphatic heterocycles. The Bertz CT molecular complexity index is 796. The van der Waals surface area contributed by atoms with Gasteiger partial charge in [-0.2, -0.15) is 9.37 Å². The van der Waals surface area contributed by atoms with E-state index in [9.17, 15) is 4.39 Å². The second-order valence-corrected chi connectivity index (χ2v) is 4.28. The molecule has 3 aromatic rings. The van der Waals surface area contributed by atoms with E-state index in [2.05, 4.69) is 19.9 Å². The Morgan fingerprint density at radius 1 is 1.25 bits per heavy atom. The van der Waals surface area contributed by atoms with Crippen LogP contribution >= 0.6 is 11.6 Å². The maximum Gasteiger partial charge on any atom is 0.254 e. The van der Waals surface area contributed by atoms with E-state index in [1.54, 1.807) is 18.3 Å². The van der Waals surface area contributed by atoms with Crippen LogP contribution in [0.1, 0.15) is 0 Å². The van der Waals surface area contributed by atoms with Crippen LogP contribution in [0, 0.1) is 5.82 Å². The summed E-state index contributed by atoms with van der Waals surface area (Å²) in [7, 11) is 1.33. The summed E-state index contributed by atoms with van der Waals surface area (Å²) in [5.74, 6) is -0.819. The van der Waals surface area contributed by atoms with Crippen molar-refractivity contribution in [3.05, 3.63) is 41.7 Å². The highest BCUT2D eigenvalue weighted by Gasteiger charge is 2.16. The number of pyridine rings is 2. The van der Waals surface area contributed by atoms with Gasteiger partial charge >= 0.3 is 0 Å².